The molecule has 0 radical (unpaired) electrons. The summed E-state index contributed by atoms with van der Waals surface area (Å²) < 4.78 is 15.8. The molecule has 0 aliphatic rings. The Balaban J connectivity index is 2.48. The average Bonchev–Trinajstić information content (AvgIpc) is 3.12. The Labute approximate surface area is 138 Å². The molecule has 2 rings (SSSR count). The molecule has 0 aliphatic heterocycles. The molecule has 0 saturated carbocycles. The second kappa shape index (κ2) is 7.47. The highest BCUT2D eigenvalue weighted by atomic mass is 32.1. The van der Waals surface area contributed by atoms with E-state index in [1.165, 1.54) is 38.7 Å². The zero-order valence-electron chi connectivity index (χ0n) is 13.0. The van der Waals surface area contributed by atoms with Gasteiger partial charge in [0, 0.05) is 10.9 Å². The number of ether oxygens (including phenoxy) is 3. The van der Waals surface area contributed by atoms with Gasteiger partial charge in [0.25, 0.3) is 0 Å². The van der Waals surface area contributed by atoms with Gasteiger partial charge in [0.15, 0.2) is 11.5 Å². The van der Waals surface area contributed by atoms with Gasteiger partial charge in [-0.1, -0.05) is 0 Å². The minimum atomic E-state index is -0.317. The van der Waals surface area contributed by atoms with Gasteiger partial charge in [-0.05, 0) is 35.2 Å². The number of Topliss-reactive ketones (excluding diaryl/α,β-unsaturated/α-hetero) is 1. The summed E-state index contributed by atoms with van der Waals surface area (Å²) in [6.45, 7) is 0. The summed E-state index contributed by atoms with van der Waals surface area (Å²) in [7, 11) is 4.52. The van der Waals surface area contributed by atoms with Crippen molar-refractivity contribution in [2.24, 2.45) is 0 Å². The molecule has 0 N–H and O–H groups in total. The van der Waals surface area contributed by atoms with Crippen LogP contribution in [0.5, 0.6) is 17.2 Å². The molecule has 2 aromatic rings. The number of thiophene rings is 1. The fraction of sp³-hybridized carbons (Fsp3) is 0.176. The molecule has 0 amide bonds. The molecule has 0 unspecified atom stereocenters. The lowest BCUT2D eigenvalue weighted by Gasteiger charge is -2.13. The lowest BCUT2D eigenvalue weighted by molar-refractivity contribution is 0.104. The van der Waals surface area contributed by atoms with E-state index >= 15 is 0 Å². The maximum absolute atomic E-state index is 12.3. The summed E-state index contributed by atoms with van der Waals surface area (Å²) in [5, 5.41) is 12.8. The molecule has 5 nitrogen and oxygen atoms in total. The van der Waals surface area contributed by atoms with Crippen LogP contribution < -0.4 is 14.2 Å². The lowest BCUT2D eigenvalue weighted by atomic mass is 10.0. The summed E-state index contributed by atoms with van der Waals surface area (Å²) in [5.74, 6) is 1.05. The fourth-order valence-corrected chi connectivity index (χ4v) is 2.69. The van der Waals surface area contributed by atoms with Crippen molar-refractivity contribution in [2.75, 3.05) is 21.3 Å². The van der Waals surface area contributed by atoms with Crippen molar-refractivity contribution >= 4 is 23.2 Å². The van der Waals surface area contributed by atoms with Gasteiger partial charge in [-0.15, -0.1) is 0 Å². The SMILES string of the molecule is COc1cc(/C=C(/C#N)C(=O)c2ccsc2)cc(OC)c1OC. The first-order valence-electron chi connectivity index (χ1n) is 6.63. The van der Waals surface area contributed by atoms with Gasteiger partial charge in [-0.25, -0.2) is 0 Å². The van der Waals surface area contributed by atoms with E-state index in [1.807, 2.05) is 6.07 Å². The van der Waals surface area contributed by atoms with Crippen LogP contribution in [0.4, 0.5) is 0 Å². The van der Waals surface area contributed by atoms with Gasteiger partial charge in [0.05, 0.1) is 21.3 Å². The predicted molar refractivity (Wildman–Crippen MR) is 88.3 cm³/mol. The fourth-order valence-electron chi connectivity index (χ4n) is 2.05. The van der Waals surface area contributed by atoms with Gasteiger partial charge < -0.3 is 14.2 Å². The van der Waals surface area contributed by atoms with Crippen molar-refractivity contribution < 1.29 is 19.0 Å². The molecule has 0 atom stereocenters. The largest absolute Gasteiger partial charge is 0.493 e. The number of allylic oxidation sites excluding steroid dienone is 1. The number of nitrogens with zero attached hydrogens (tertiary/aromatic N) is 1. The quantitative estimate of drug-likeness (QED) is 0.460. The van der Waals surface area contributed by atoms with E-state index in [1.54, 1.807) is 29.0 Å². The van der Waals surface area contributed by atoms with Crippen molar-refractivity contribution in [1.29, 1.82) is 5.26 Å². The normalized spacial score (nSPS) is 10.8. The van der Waals surface area contributed by atoms with Crippen molar-refractivity contribution in [3.63, 3.8) is 0 Å². The topological polar surface area (TPSA) is 68.5 Å². The number of ketones is 1. The van der Waals surface area contributed by atoms with E-state index in [-0.39, 0.29) is 11.4 Å². The number of rotatable bonds is 6. The summed E-state index contributed by atoms with van der Waals surface area (Å²) >= 11 is 1.41. The Bertz CT molecular complexity index is 747. The van der Waals surface area contributed by atoms with E-state index in [9.17, 15) is 10.1 Å². The third-order valence-corrected chi connectivity index (χ3v) is 3.83. The summed E-state index contributed by atoms with van der Waals surface area (Å²) in [6, 6.07) is 6.99. The Morgan fingerprint density at radius 3 is 2.26 bits per heavy atom. The Hall–Kier alpha value is -2.78. The third kappa shape index (κ3) is 3.52. The van der Waals surface area contributed by atoms with Crippen molar-refractivity contribution in [3.05, 3.63) is 45.7 Å². The van der Waals surface area contributed by atoms with E-state index in [4.69, 9.17) is 14.2 Å². The molecular weight excluding hydrogens is 314 g/mol. The molecule has 0 saturated heterocycles. The lowest BCUT2D eigenvalue weighted by Crippen LogP contribution is -2.00. The van der Waals surface area contributed by atoms with E-state index in [2.05, 4.69) is 0 Å². The molecule has 118 valence electrons. The van der Waals surface area contributed by atoms with Crippen LogP contribution in [0.15, 0.2) is 34.5 Å². The molecule has 0 bridgehead atoms. The van der Waals surface area contributed by atoms with Crippen LogP contribution in [0, 0.1) is 11.3 Å². The smallest absolute Gasteiger partial charge is 0.204 e. The van der Waals surface area contributed by atoms with E-state index in [0.717, 1.165) is 0 Å². The summed E-state index contributed by atoms with van der Waals surface area (Å²) in [5.41, 5.74) is 1.15. The molecule has 0 aliphatic carbocycles. The number of carbonyl (C=O) groups is 1. The zero-order chi connectivity index (χ0) is 16.8. The summed E-state index contributed by atoms with van der Waals surface area (Å²) in [6.07, 6.45) is 1.50. The van der Waals surface area contributed by atoms with Crippen LogP contribution in [0.1, 0.15) is 15.9 Å². The van der Waals surface area contributed by atoms with E-state index in [0.29, 0.717) is 28.4 Å². The third-order valence-electron chi connectivity index (χ3n) is 3.15. The van der Waals surface area contributed by atoms with Crippen LogP contribution in [0.25, 0.3) is 6.08 Å². The highest BCUT2D eigenvalue weighted by molar-refractivity contribution is 7.08. The number of hydrogen-bond acceptors (Lipinski definition) is 6. The number of nitriles is 1. The van der Waals surface area contributed by atoms with Crippen LogP contribution in [-0.4, -0.2) is 27.1 Å². The molecule has 1 aromatic heterocycles. The number of hydrogen-bond donors (Lipinski definition) is 0. The predicted octanol–water partition coefficient (Wildman–Crippen LogP) is 3.56. The van der Waals surface area contributed by atoms with Crippen LogP contribution in [0.2, 0.25) is 0 Å². The highest BCUT2D eigenvalue weighted by Gasteiger charge is 2.16. The first-order valence-corrected chi connectivity index (χ1v) is 7.57. The second-order valence-corrected chi connectivity index (χ2v) is 5.25. The molecule has 1 heterocycles. The first-order chi connectivity index (χ1) is 11.1. The van der Waals surface area contributed by atoms with Crippen molar-refractivity contribution in [1.82, 2.24) is 0 Å². The van der Waals surface area contributed by atoms with Gasteiger partial charge >= 0.3 is 0 Å². The Morgan fingerprint density at radius 1 is 1.17 bits per heavy atom. The first kappa shape index (κ1) is 16.6. The maximum atomic E-state index is 12.3. The zero-order valence-corrected chi connectivity index (χ0v) is 13.8. The van der Waals surface area contributed by atoms with Gasteiger partial charge in [-0.2, -0.15) is 16.6 Å². The molecule has 0 spiro atoms. The van der Waals surface area contributed by atoms with Crippen LogP contribution >= 0.6 is 11.3 Å². The van der Waals surface area contributed by atoms with E-state index < -0.39 is 0 Å². The average molecular weight is 329 g/mol. The number of benzene rings is 1. The Morgan fingerprint density at radius 2 is 1.83 bits per heavy atom. The van der Waals surface area contributed by atoms with Gasteiger partial charge in [-0.3, -0.25) is 4.79 Å². The van der Waals surface area contributed by atoms with Crippen molar-refractivity contribution in [2.45, 2.75) is 0 Å². The second-order valence-electron chi connectivity index (χ2n) is 4.47. The minimum Gasteiger partial charge on any atom is -0.493 e. The van der Waals surface area contributed by atoms with Crippen LogP contribution in [0.3, 0.4) is 0 Å². The summed E-state index contributed by atoms with van der Waals surface area (Å²) in [4.78, 5) is 12.3. The molecular formula is C17H15NO4S. The standard InChI is InChI=1S/C17H15NO4S/c1-20-14-7-11(8-15(21-2)17(14)22-3)6-13(9-18)16(19)12-4-5-23-10-12/h4-8,10H,1-3H3/b13-6-. The molecule has 23 heavy (non-hydrogen) atoms. The number of carbonyl (C=O) groups excluding carboxylic acids is 1. The molecule has 0 fully saturated rings. The van der Waals surface area contributed by atoms with Crippen LogP contribution in [-0.2, 0) is 0 Å². The molecule has 6 heteroatoms. The maximum Gasteiger partial charge on any atom is 0.204 e. The van der Waals surface area contributed by atoms with Gasteiger partial charge in [0.2, 0.25) is 11.5 Å². The highest BCUT2D eigenvalue weighted by Crippen LogP contribution is 2.38. The monoisotopic (exact) mass is 329 g/mol. The Kier molecular flexibility index (Phi) is 5.39. The van der Waals surface area contributed by atoms with Gasteiger partial charge in [0.1, 0.15) is 11.6 Å². The molecule has 1 aromatic carbocycles. The van der Waals surface area contributed by atoms with Crippen molar-refractivity contribution in [3.8, 4) is 23.3 Å². The minimum absolute atomic E-state index is 0.0395. The number of methoxy groups -OCH3 is 3.